The molecular weight excluding hydrogens is 727 g/mol. The van der Waals surface area contributed by atoms with Gasteiger partial charge < -0.3 is 4.42 Å². The monoisotopic (exact) mass is 757 g/mol. The highest BCUT2D eigenvalue weighted by Crippen LogP contribution is 2.43. The molecule has 0 saturated heterocycles. The first-order valence-corrected chi connectivity index (χ1v) is 20.2. The molecule has 12 aromatic rings. The van der Waals surface area contributed by atoms with Gasteiger partial charge in [0.05, 0.1) is 0 Å². The molecule has 58 heavy (non-hydrogen) atoms. The molecule has 0 fully saturated rings. The largest absolute Gasteiger partial charge is 0.456 e. The first-order valence-electron chi connectivity index (χ1n) is 19.4. The van der Waals surface area contributed by atoms with Crippen molar-refractivity contribution in [2.75, 3.05) is 0 Å². The van der Waals surface area contributed by atoms with Crippen LogP contribution in [0.5, 0.6) is 0 Å². The number of benzene rings is 9. The maximum atomic E-state index is 6.13. The molecule has 0 radical (unpaired) electrons. The number of hydrogen-bond donors (Lipinski definition) is 0. The van der Waals surface area contributed by atoms with Gasteiger partial charge in [-0.25, -0.2) is 15.0 Å². The topological polar surface area (TPSA) is 51.8 Å². The molecule has 3 heterocycles. The molecule has 0 N–H and O–H groups in total. The molecule has 12 rings (SSSR count). The summed E-state index contributed by atoms with van der Waals surface area (Å²) in [6.07, 6.45) is 0. The van der Waals surface area contributed by atoms with Crippen LogP contribution in [-0.4, -0.2) is 15.0 Å². The van der Waals surface area contributed by atoms with Crippen molar-refractivity contribution < 1.29 is 4.42 Å². The first kappa shape index (κ1) is 32.7. The molecule has 0 aliphatic rings. The fourth-order valence-corrected chi connectivity index (χ4v) is 9.67. The van der Waals surface area contributed by atoms with Crippen molar-refractivity contribution >= 4 is 75.0 Å². The first-order chi connectivity index (χ1) is 28.7. The zero-order chi connectivity index (χ0) is 38.2. The van der Waals surface area contributed by atoms with Crippen LogP contribution in [0.25, 0.3) is 120 Å². The normalized spacial score (nSPS) is 11.8. The Morgan fingerprint density at radius 3 is 1.86 bits per heavy atom. The van der Waals surface area contributed by atoms with Crippen molar-refractivity contribution in [1.29, 1.82) is 0 Å². The minimum atomic E-state index is 0.625. The standard InChI is InChI=1S/C53H31N3OS/c1-2-12-32(13-3-1)51-54-52(37-16-10-15-33(28-37)34-24-26-47-44(29-34)41-20-8-9-22-46(41)57-47)56-53(55-51)42-21-11-23-49-50(42)45-31-36(25-27-48(45)58-49)43-30-35-14-4-5-17-38(35)39-18-6-7-19-40(39)43/h1-31H. The van der Waals surface area contributed by atoms with Crippen molar-refractivity contribution in [2.24, 2.45) is 0 Å². The minimum absolute atomic E-state index is 0.625. The second-order valence-corrected chi connectivity index (χ2v) is 15.8. The van der Waals surface area contributed by atoms with Gasteiger partial charge >= 0.3 is 0 Å². The summed E-state index contributed by atoms with van der Waals surface area (Å²) in [7, 11) is 0. The van der Waals surface area contributed by atoms with Crippen LogP contribution in [0.3, 0.4) is 0 Å². The van der Waals surface area contributed by atoms with Crippen LogP contribution in [0, 0.1) is 0 Å². The van der Waals surface area contributed by atoms with E-state index in [4.69, 9.17) is 19.4 Å². The van der Waals surface area contributed by atoms with Crippen molar-refractivity contribution in [1.82, 2.24) is 15.0 Å². The van der Waals surface area contributed by atoms with Gasteiger partial charge in [0, 0.05) is 47.6 Å². The zero-order valence-corrected chi connectivity index (χ0v) is 31.9. The highest BCUT2D eigenvalue weighted by molar-refractivity contribution is 7.26. The molecule has 270 valence electrons. The van der Waals surface area contributed by atoms with Crippen molar-refractivity contribution in [3.05, 3.63) is 188 Å². The lowest BCUT2D eigenvalue weighted by molar-refractivity contribution is 0.669. The third-order valence-electron chi connectivity index (χ3n) is 11.3. The van der Waals surface area contributed by atoms with Gasteiger partial charge in [-0.05, 0) is 92.3 Å². The molecule has 0 bridgehead atoms. The van der Waals surface area contributed by atoms with E-state index in [2.05, 4.69) is 158 Å². The van der Waals surface area contributed by atoms with E-state index in [1.54, 1.807) is 11.3 Å². The predicted molar refractivity (Wildman–Crippen MR) is 242 cm³/mol. The van der Waals surface area contributed by atoms with Gasteiger partial charge in [0.25, 0.3) is 0 Å². The Hall–Kier alpha value is -7.47. The average Bonchev–Trinajstić information content (AvgIpc) is 3.87. The number of rotatable bonds is 5. The number of furan rings is 1. The summed E-state index contributed by atoms with van der Waals surface area (Å²) >= 11 is 1.81. The van der Waals surface area contributed by atoms with Crippen LogP contribution in [0.2, 0.25) is 0 Å². The smallest absolute Gasteiger partial charge is 0.164 e. The Kier molecular flexibility index (Phi) is 7.37. The van der Waals surface area contributed by atoms with Crippen LogP contribution in [-0.2, 0) is 0 Å². The molecule has 4 nitrogen and oxygen atoms in total. The van der Waals surface area contributed by atoms with Crippen molar-refractivity contribution in [3.63, 3.8) is 0 Å². The van der Waals surface area contributed by atoms with Crippen LogP contribution in [0.15, 0.2) is 192 Å². The van der Waals surface area contributed by atoms with Crippen LogP contribution < -0.4 is 0 Å². The highest BCUT2D eigenvalue weighted by atomic mass is 32.1. The molecule has 0 aliphatic carbocycles. The maximum Gasteiger partial charge on any atom is 0.164 e. The summed E-state index contributed by atoms with van der Waals surface area (Å²) in [5, 5.41) is 9.56. The summed E-state index contributed by atoms with van der Waals surface area (Å²) in [5.74, 6) is 1.91. The molecule has 0 aliphatic heterocycles. The SMILES string of the molecule is c1ccc(-c2nc(-c3cccc(-c4ccc5oc6ccccc6c5c4)c3)nc(-c3cccc4sc5ccc(-c6cc7ccccc7c7ccccc67)cc5c34)n2)cc1. The van der Waals surface area contributed by atoms with E-state index in [-0.39, 0.29) is 0 Å². The van der Waals surface area contributed by atoms with Gasteiger partial charge in [-0.3, -0.25) is 0 Å². The lowest BCUT2D eigenvalue weighted by atomic mass is 9.92. The number of aromatic nitrogens is 3. The molecule has 0 saturated carbocycles. The van der Waals surface area contributed by atoms with Crippen LogP contribution in [0.4, 0.5) is 0 Å². The van der Waals surface area contributed by atoms with E-state index < -0.39 is 0 Å². The van der Waals surface area contributed by atoms with Crippen molar-refractivity contribution in [2.45, 2.75) is 0 Å². The third kappa shape index (κ3) is 5.32. The number of nitrogens with zero attached hydrogens (tertiary/aromatic N) is 3. The quantitative estimate of drug-likeness (QED) is 0.164. The summed E-state index contributed by atoms with van der Waals surface area (Å²) in [6, 6.07) is 66.4. The van der Waals surface area contributed by atoms with Gasteiger partial charge in [0.1, 0.15) is 11.2 Å². The van der Waals surface area contributed by atoms with Gasteiger partial charge in [-0.2, -0.15) is 0 Å². The maximum absolute atomic E-state index is 6.13. The molecule has 3 aromatic heterocycles. The third-order valence-corrected chi connectivity index (χ3v) is 12.4. The number of fused-ring (bicyclic) bond motifs is 9. The zero-order valence-electron chi connectivity index (χ0n) is 31.1. The van der Waals surface area contributed by atoms with Crippen LogP contribution in [0.1, 0.15) is 0 Å². The van der Waals surface area contributed by atoms with E-state index in [1.165, 1.54) is 47.5 Å². The van der Waals surface area contributed by atoms with E-state index in [0.717, 1.165) is 55.1 Å². The van der Waals surface area contributed by atoms with E-state index in [1.807, 2.05) is 30.3 Å². The number of para-hydroxylation sites is 1. The molecule has 0 amide bonds. The number of hydrogen-bond acceptors (Lipinski definition) is 5. The molecule has 5 heteroatoms. The summed E-state index contributed by atoms with van der Waals surface area (Å²) in [4.78, 5) is 15.6. The Labute approximate surface area is 337 Å². The van der Waals surface area contributed by atoms with Gasteiger partial charge in [-0.1, -0.05) is 140 Å². The highest BCUT2D eigenvalue weighted by Gasteiger charge is 2.19. The Morgan fingerprint density at radius 2 is 0.966 bits per heavy atom. The van der Waals surface area contributed by atoms with Gasteiger partial charge in [0.15, 0.2) is 17.5 Å². The van der Waals surface area contributed by atoms with E-state index in [9.17, 15) is 0 Å². The number of thiophene rings is 1. The van der Waals surface area contributed by atoms with Crippen molar-refractivity contribution in [3.8, 4) is 56.4 Å². The average molecular weight is 758 g/mol. The van der Waals surface area contributed by atoms with Gasteiger partial charge in [0.2, 0.25) is 0 Å². The minimum Gasteiger partial charge on any atom is -0.456 e. The summed E-state index contributed by atoms with van der Waals surface area (Å²) < 4.78 is 8.55. The van der Waals surface area contributed by atoms with E-state index in [0.29, 0.717) is 17.5 Å². The molecular formula is C53H31N3OS. The molecule has 0 atom stereocenters. The van der Waals surface area contributed by atoms with Gasteiger partial charge in [-0.15, -0.1) is 11.3 Å². The molecule has 0 spiro atoms. The summed E-state index contributed by atoms with van der Waals surface area (Å²) in [6.45, 7) is 0. The lowest BCUT2D eigenvalue weighted by Gasteiger charge is -2.12. The predicted octanol–water partition coefficient (Wildman–Crippen LogP) is 14.8. The van der Waals surface area contributed by atoms with Crippen LogP contribution >= 0.6 is 11.3 Å². The Morgan fingerprint density at radius 1 is 0.328 bits per heavy atom. The lowest BCUT2D eigenvalue weighted by Crippen LogP contribution is -2.00. The fraction of sp³-hybridized carbons (Fsp3) is 0. The molecule has 0 unspecified atom stereocenters. The second-order valence-electron chi connectivity index (χ2n) is 14.7. The summed E-state index contributed by atoms with van der Waals surface area (Å²) in [5.41, 5.74) is 9.20. The fourth-order valence-electron chi connectivity index (χ4n) is 8.56. The van der Waals surface area contributed by atoms with E-state index >= 15 is 0 Å². The Bertz CT molecular complexity index is 3590. The molecule has 9 aromatic carbocycles. The second kappa shape index (κ2) is 13.1. The Balaban J connectivity index is 1.04.